The molecule has 1 fully saturated rings. The van der Waals surface area contributed by atoms with Crippen molar-refractivity contribution < 1.29 is 0 Å². The van der Waals surface area contributed by atoms with Gasteiger partial charge in [0.25, 0.3) is 0 Å². The van der Waals surface area contributed by atoms with Gasteiger partial charge >= 0.3 is 0 Å². The number of nitrogens with zero attached hydrogens (tertiary/aromatic N) is 1. The predicted molar refractivity (Wildman–Crippen MR) is 87.6 cm³/mol. The van der Waals surface area contributed by atoms with Crippen LogP contribution in [0.1, 0.15) is 28.2 Å². The minimum absolute atomic E-state index is 0.574. The summed E-state index contributed by atoms with van der Waals surface area (Å²) in [5.74, 6) is 2.16. The van der Waals surface area contributed by atoms with Gasteiger partial charge in [-0.15, -0.1) is 0 Å². The second kappa shape index (κ2) is 4.99. The van der Waals surface area contributed by atoms with Crippen LogP contribution in [0.2, 0.25) is 0 Å². The smallest absolute Gasteiger partial charge is 0.0136 e. The molecule has 1 aliphatic heterocycles. The van der Waals surface area contributed by atoms with Gasteiger partial charge in [-0.25, -0.2) is 0 Å². The predicted octanol–water partition coefficient (Wildman–Crippen LogP) is 3.86. The third-order valence-corrected chi connectivity index (χ3v) is 5.38. The van der Waals surface area contributed by atoms with Gasteiger partial charge in [0, 0.05) is 19.0 Å². The second-order valence-corrected chi connectivity index (χ2v) is 6.94. The van der Waals surface area contributed by atoms with Gasteiger partial charge in [-0.2, -0.15) is 0 Å². The Morgan fingerprint density at radius 1 is 1.00 bits per heavy atom. The van der Waals surface area contributed by atoms with Crippen LogP contribution in [0.5, 0.6) is 0 Å². The highest BCUT2D eigenvalue weighted by atomic mass is 15.1. The molecule has 1 heteroatoms. The zero-order chi connectivity index (χ0) is 14.4. The fraction of sp³-hybridized carbons (Fsp3) is 0.400. The molecule has 21 heavy (non-hydrogen) atoms. The molecule has 0 saturated carbocycles. The monoisotopic (exact) mass is 277 g/mol. The average Bonchev–Trinajstić information content (AvgIpc) is 2.85. The molecule has 1 nitrogen and oxygen atoms in total. The van der Waals surface area contributed by atoms with Gasteiger partial charge in [-0.05, 0) is 48.9 Å². The fourth-order valence-corrected chi connectivity index (χ4v) is 4.50. The largest absolute Gasteiger partial charge is 0.306 e. The van der Waals surface area contributed by atoms with Crippen LogP contribution in [0.15, 0.2) is 48.5 Å². The molecule has 0 spiro atoms. The maximum atomic E-state index is 2.52. The molecule has 0 bridgehead atoms. The summed E-state index contributed by atoms with van der Waals surface area (Å²) in [4.78, 5) is 2.52. The van der Waals surface area contributed by atoms with Gasteiger partial charge in [-0.3, -0.25) is 0 Å². The van der Waals surface area contributed by atoms with E-state index < -0.39 is 0 Å². The normalized spacial score (nSPS) is 28.2. The molecule has 4 rings (SSSR count). The maximum absolute atomic E-state index is 2.52. The van der Waals surface area contributed by atoms with Crippen molar-refractivity contribution in [2.24, 2.45) is 11.8 Å². The van der Waals surface area contributed by atoms with Gasteiger partial charge in [0.2, 0.25) is 0 Å². The van der Waals surface area contributed by atoms with E-state index in [0.717, 1.165) is 11.8 Å². The van der Waals surface area contributed by atoms with Gasteiger partial charge in [0.1, 0.15) is 0 Å². The van der Waals surface area contributed by atoms with Crippen LogP contribution < -0.4 is 0 Å². The molecular formula is C20H23N. The Bertz CT molecular complexity index is 646. The Hall–Kier alpha value is -1.60. The highest BCUT2D eigenvalue weighted by Crippen LogP contribution is 2.46. The van der Waals surface area contributed by atoms with E-state index in [0.29, 0.717) is 5.92 Å². The van der Waals surface area contributed by atoms with Crippen LogP contribution in [-0.2, 0) is 6.42 Å². The lowest BCUT2D eigenvalue weighted by Gasteiger charge is -2.36. The van der Waals surface area contributed by atoms with Crippen molar-refractivity contribution in [3.8, 4) is 0 Å². The minimum Gasteiger partial charge on any atom is -0.306 e. The zero-order valence-corrected chi connectivity index (χ0v) is 12.9. The summed E-state index contributed by atoms with van der Waals surface area (Å²) in [6.45, 7) is 4.70. The number of aryl methyl sites for hydroxylation is 1. The summed E-state index contributed by atoms with van der Waals surface area (Å²) in [6, 6.07) is 18.2. The van der Waals surface area contributed by atoms with Crippen molar-refractivity contribution in [2.45, 2.75) is 19.3 Å². The first kappa shape index (κ1) is 13.1. The van der Waals surface area contributed by atoms with E-state index in [1.54, 1.807) is 11.1 Å². The number of likely N-dealkylation sites (tertiary alicyclic amines) is 1. The van der Waals surface area contributed by atoms with Crippen molar-refractivity contribution in [3.05, 3.63) is 70.8 Å². The third-order valence-electron chi connectivity index (χ3n) is 5.38. The van der Waals surface area contributed by atoms with Crippen molar-refractivity contribution in [3.63, 3.8) is 0 Å². The van der Waals surface area contributed by atoms with Crippen LogP contribution in [0.4, 0.5) is 0 Å². The summed E-state index contributed by atoms with van der Waals surface area (Å²) in [7, 11) is 2.27. The summed E-state index contributed by atoms with van der Waals surface area (Å²) in [5, 5.41) is 0. The van der Waals surface area contributed by atoms with E-state index >= 15 is 0 Å². The second-order valence-electron chi connectivity index (χ2n) is 6.94. The molecule has 108 valence electrons. The molecule has 1 heterocycles. The molecule has 1 saturated heterocycles. The lowest BCUT2D eigenvalue weighted by Crippen LogP contribution is -2.29. The van der Waals surface area contributed by atoms with Gasteiger partial charge in [0.05, 0.1) is 0 Å². The molecule has 0 aromatic heterocycles. The lowest BCUT2D eigenvalue weighted by atomic mass is 9.68. The third kappa shape index (κ3) is 2.20. The van der Waals surface area contributed by atoms with Gasteiger partial charge in [0.15, 0.2) is 0 Å². The van der Waals surface area contributed by atoms with E-state index in [9.17, 15) is 0 Å². The van der Waals surface area contributed by atoms with Crippen molar-refractivity contribution >= 4 is 0 Å². The van der Waals surface area contributed by atoms with Gasteiger partial charge < -0.3 is 4.90 Å². The van der Waals surface area contributed by atoms with Crippen LogP contribution in [0, 0.1) is 18.8 Å². The first-order valence-electron chi connectivity index (χ1n) is 8.05. The standard InChI is InChI=1S/C20H23N/c1-14-8-9-16-11-17-12-21(2)13-19(17)20(18(16)10-14)15-6-4-3-5-7-15/h3-10,17,19-20H,11-13H2,1-2H3. The molecule has 3 unspecified atom stereocenters. The van der Waals surface area contributed by atoms with E-state index in [1.807, 2.05) is 0 Å². The molecule has 0 N–H and O–H groups in total. The maximum Gasteiger partial charge on any atom is 0.0136 e. The number of hydrogen-bond donors (Lipinski definition) is 0. The molecule has 3 atom stereocenters. The Kier molecular flexibility index (Phi) is 3.11. The Labute approximate surface area is 127 Å². The summed E-state index contributed by atoms with van der Waals surface area (Å²) < 4.78 is 0. The molecule has 2 aromatic carbocycles. The van der Waals surface area contributed by atoms with Crippen molar-refractivity contribution in [2.75, 3.05) is 20.1 Å². The van der Waals surface area contributed by atoms with Crippen LogP contribution in [0.3, 0.4) is 0 Å². The van der Waals surface area contributed by atoms with Crippen LogP contribution >= 0.6 is 0 Å². The van der Waals surface area contributed by atoms with Crippen molar-refractivity contribution in [1.82, 2.24) is 4.90 Å². The fourth-order valence-electron chi connectivity index (χ4n) is 4.50. The molecule has 0 radical (unpaired) electrons. The highest BCUT2D eigenvalue weighted by molar-refractivity contribution is 5.44. The van der Waals surface area contributed by atoms with E-state index in [2.05, 4.69) is 67.4 Å². The van der Waals surface area contributed by atoms with E-state index in [4.69, 9.17) is 0 Å². The summed E-state index contributed by atoms with van der Waals surface area (Å²) in [6.07, 6.45) is 1.26. The number of hydrogen-bond acceptors (Lipinski definition) is 1. The van der Waals surface area contributed by atoms with Crippen molar-refractivity contribution in [1.29, 1.82) is 0 Å². The Morgan fingerprint density at radius 3 is 2.62 bits per heavy atom. The molecule has 2 aliphatic rings. The number of rotatable bonds is 1. The number of fused-ring (bicyclic) bond motifs is 2. The van der Waals surface area contributed by atoms with Crippen LogP contribution in [0.25, 0.3) is 0 Å². The summed E-state index contributed by atoms with van der Waals surface area (Å²) >= 11 is 0. The van der Waals surface area contributed by atoms with Gasteiger partial charge in [-0.1, -0.05) is 54.1 Å². The quantitative estimate of drug-likeness (QED) is 0.765. The molecule has 0 amide bonds. The first-order valence-corrected chi connectivity index (χ1v) is 8.05. The lowest BCUT2D eigenvalue weighted by molar-refractivity contribution is 0.351. The molecule has 2 aromatic rings. The highest BCUT2D eigenvalue weighted by Gasteiger charge is 2.41. The number of benzene rings is 2. The Morgan fingerprint density at radius 2 is 1.81 bits per heavy atom. The van der Waals surface area contributed by atoms with E-state index in [1.165, 1.54) is 30.6 Å². The minimum atomic E-state index is 0.574. The zero-order valence-electron chi connectivity index (χ0n) is 12.9. The van der Waals surface area contributed by atoms with Crippen LogP contribution in [-0.4, -0.2) is 25.0 Å². The molecule has 1 aliphatic carbocycles. The first-order chi connectivity index (χ1) is 10.2. The molecular weight excluding hydrogens is 254 g/mol. The van der Waals surface area contributed by atoms with E-state index in [-0.39, 0.29) is 0 Å². The summed E-state index contributed by atoms with van der Waals surface area (Å²) in [5.41, 5.74) is 6.04. The topological polar surface area (TPSA) is 3.24 Å². The average molecular weight is 277 g/mol. The SMILES string of the molecule is Cc1ccc2c(c1)C(c1ccccc1)C1CN(C)CC1C2. The Balaban J connectivity index is 1.86.